The molecule has 0 amide bonds. The summed E-state index contributed by atoms with van der Waals surface area (Å²) in [5, 5.41) is 3.47. The second-order valence-corrected chi connectivity index (χ2v) is 9.00. The number of aryl methyl sites for hydroxylation is 1. The normalized spacial score (nSPS) is 15.6. The van der Waals surface area contributed by atoms with Crippen molar-refractivity contribution < 1.29 is 12.8 Å². The van der Waals surface area contributed by atoms with Crippen LogP contribution in [0.25, 0.3) is 0 Å². The van der Waals surface area contributed by atoms with Crippen LogP contribution in [0.2, 0.25) is 5.02 Å². The topological polar surface area (TPSA) is 52.7 Å². The molecular weight excluding hydrogens is 409 g/mol. The van der Waals surface area contributed by atoms with Gasteiger partial charge in [-0.1, -0.05) is 29.3 Å². The molecule has 0 radical (unpaired) electrons. The van der Waals surface area contributed by atoms with Gasteiger partial charge in [-0.2, -0.15) is 4.31 Å². The highest BCUT2D eigenvalue weighted by molar-refractivity contribution is 7.89. The van der Waals surface area contributed by atoms with E-state index >= 15 is 0 Å². The van der Waals surface area contributed by atoms with Gasteiger partial charge in [-0.25, -0.2) is 12.8 Å². The molecule has 0 bridgehead atoms. The molecule has 0 unspecified atom stereocenters. The van der Waals surface area contributed by atoms with E-state index in [-0.39, 0.29) is 5.02 Å². The standard InChI is InChI=1S/C18H19ClFN3O2S2/c1-13-2-5-15(6-3-13)27(24,25)23-10-8-22(9-11-23)18(26)21-14-4-7-17(20)16(19)12-14/h2-7,12H,8-11H2,1H3,(H,21,26). The first-order valence-electron chi connectivity index (χ1n) is 8.35. The minimum absolute atomic E-state index is 0.0109. The molecule has 1 heterocycles. The molecule has 2 aromatic rings. The van der Waals surface area contributed by atoms with Gasteiger partial charge < -0.3 is 10.2 Å². The SMILES string of the molecule is Cc1ccc(S(=O)(=O)N2CCN(C(=S)Nc3ccc(F)c(Cl)c3)CC2)cc1. The first-order chi connectivity index (χ1) is 12.8. The second kappa shape index (κ2) is 8.10. The number of nitrogens with zero attached hydrogens (tertiary/aromatic N) is 2. The number of rotatable bonds is 3. The summed E-state index contributed by atoms with van der Waals surface area (Å²) in [6.45, 7) is 3.51. The summed E-state index contributed by atoms with van der Waals surface area (Å²) in [4.78, 5) is 2.18. The van der Waals surface area contributed by atoms with Gasteiger partial charge in [0, 0.05) is 31.9 Å². The highest BCUT2D eigenvalue weighted by atomic mass is 35.5. The van der Waals surface area contributed by atoms with E-state index in [4.69, 9.17) is 23.8 Å². The van der Waals surface area contributed by atoms with E-state index in [9.17, 15) is 12.8 Å². The smallest absolute Gasteiger partial charge is 0.243 e. The third-order valence-electron chi connectivity index (χ3n) is 4.36. The highest BCUT2D eigenvalue weighted by Gasteiger charge is 2.29. The third kappa shape index (κ3) is 4.57. The zero-order valence-corrected chi connectivity index (χ0v) is 17.0. The van der Waals surface area contributed by atoms with Crippen LogP contribution >= 0.6 is 23.8 Å². The van der Waals surface area contributed by atoms with Crippen molar-refractivity contribution >= 4 is 44.6 Å². The van der Waals surface area contributed by atoms with Crippen LogP contribution in [0.3, 0.4) is 0 Å². The molecule has 1 aliphatic rings. The van der Waals surface area contributed by atoms with E-state index in [1.165, 1.54) is 16.4 Å². The summed E-state index contributed by atoms with van der Waals surface area (Å²) < 4.78 is 40.2. The average molecular weight is 428 g/mol. The minimum Gasteiger partial charge on any atom is -0.346 e. The lowest BCUT2D eigenvalue weighted by atomic mass is 10.2. The van der Waals surface area contributed by atoms with Gasteiger partial charge in [0.25, 0.3) is 0 Å². The molecule has 27 heavy (non-hydrogen) atoms. The number of hydrogen-bond acceptors (Lipinski definition) is 3. The fourth-order valence-electron chi connectivity index (χ4n) is 2.77. The van der Waals surface area contributed by atoms with Crippen LogP contribution in [0, 0.1) is 12.7 Å². The van der Waals surface area contributed by atoms with Crippen molar-refractivity contribution in [2.75, 3.05) is 31.5 Å². The Balaban J connectivity index is 1.61. The maximum atomic E-state index is 13.2. The van der Waals surface area contributed by atoms with Crippen LogP contribution in [-0.4, -0.2) is 48.9 Å². The molecule has 0 aromatic heterocycles. The molecule has 0 atom stereocenters. The van der Waals surface area contributed by atoms with Crippen molar-refractivity contribution in [2.24, 2.45) is 0 Å². The quantitative estimate of drug-likeness (QED) is 0.760. The number of benzene rings is 2. The van der Waals surface area contributed by atoms with Crippen LogP contribution in [0.15, 0.2) is 47.4 Å². The number of thiocarbonyl (C=S) groups is 1. The predicted molar refractivity (Wildman–Crippen MR) is 109 cm³/mol. The number of anilines is 1. The Morgan fingerprint density at radius 1 is 1.11 bits per heavy atom. The lowest BCUT2D eigenvalue weighted by molar-refractivity contribution is 0.268. The van der Waals surface area contributed by atoms with Crippen molar-refractivity contribution in [1.29, 1.82) is 0 Å². The third-order valence-corrected chi connectivity index (χ3v) is 6.92. The zero-order chi connectivity index (χ0) is 19.6. The van der Waals surface area contributed by atoms with Crippen molar-refractivity contribution in [3.63, 3.8) is 0 Å². The largest absolute Gasteiger partial charge is 0.346 e. The molecule has 5 nitrogen and oxygen atoms in total. The fourth-order valence-corrected chi connectivity index (χ4v) is 4.67. The van der Waals surface area contributed by atoms with Gasteiger partial charge in [-0.3, -0.25) is 0 Å². The van der Waals surface area contributed by atoms with Crippen molar-refractivity contribution in [2.45, 2.75) is 11.8 Å². The maximum absolute atomic E-state index is 13.2. The summed E-state index contributed by atoms with van der Waals surface area (Å²) in [6, 6.07) is 11.1. The summed E-state index contributed by atoms with van der Waals surface area (Å²) in [5.74, 6) is -0.497. The molecule has 1 fully saturated rings. The molecule has 2 aromatic carbocycles. The van der Waals surface area contributed by atoms with Gasteiger partial charge in [-0.05, 0) is 49.5 Å². The second-order valence-electron chi connectivity index (χ2n) is 6.26. The maximum Gasteiger partial charge on any atom is 0.243 e. The first-order valence-corrected chi connectivity index (χ1v) is 10.6. The first kappa shape index (κ1) is 20.0. The number of piperazine rings is 1. The Morgan fingerprint density at radius 2 is 1.74 bits per heavy atom. The summed E-state index contributed by atoms with van der Waals surface area (Å²) in [6.07, 6.45) is 0. The minimum atomic E-state index is -3.51. The van der Waals surface area contributed by atoms with Gasteiger partial charge in [0.15, 0.2) is 5.11 Å². The molecular formula is C18H19ClFN3O2S2. The van der Waals surface area contributed by atoms with E-state index in [2.05, 4.69) is 5.32 Å². The lowest BCUT2D eigenvalue weighted by Gasteiger charge is -2.35. The highest BCUT2D eigenvalue weighted by Crippen LogP contribution is 2.21. The molecule has 0 aliphatic carbocycles. The Labute approximate surface area is 168 Å². The Hall–Kier alpha value is -1.74. The van der Waals surface area contributed by atoms with Gasteiger partial charge >= 0.3 is 0 Å². The molecule has 0 spiro atoms. The number of halogens is 2. The summed E-state index contributed by atoms with van der Waals surface area (Å²) in [7, 11) is -3.51. The number of nitrogens with one attached hydrogen (secondary N) is 1. The van der Waals surface area contributed by atoms with E-state index in [0.717, 1.165) is 5.56 Å². The average Bonchev–Trinajstić information content (AvgIpc) is 2.65. The zero-order valence-electron chi connectivity index (χ0n) is 14.7. The molecule has 1 N–H and O–H groups in total. The van der Waals surface area contributed by atoms with Gasteiger partial charge in [0.2, 0.25) is 10.0 Å². The molecule has 1 aliphatic heterocycles. The molecule has 0 saturated carbocycles. The van der Waals surface area contributed by atoms with Crippen molar-refractivity contribution in [3.05, 3.63) is 58.9 Å². The Bertz CT molecular complexity index is 944. The fraction of sp³-hybridized carbons (Fsp3) is 0.278. The van der Waals surface area contributed by atoms with Gasteiger partial charge in [0.1, 0.15) is 5.82 Å². The number of sulfonamides is 1. The molecule has 9 heteroatoms. The van der Waals surface area contributed by atoms with Crippen molar-refractivity contribution in [1.82, 2.24) is 9.21 Å². The van der Waals surface area contributed by atoms with E-state index < -0.39 is 15.8 Å². The van der Waals surface area contributed by atoms with E-state index in [0.29, 0.717) is 41.9 Å². The Morgan fingerprint density at radius 3 is 2.33 bits per heavy atom. The van der Waals surface area contributed by atoms with E-state index in [1.807, 2.05) is 11.8 Å². The monoisotopic (exact) mass is 427 g/mol. The van der Waals surface area contributed by atoms with Gasteiger partial charge in [-0.15, -0.1) is 0 Å². The van der Waals surface area contributed by atoms with Crippen LogP contribution in [0.1, 0.15) is 5.56 Å². The van der Waals surface area contributed by atoms with Gasteiger partial charge in [0.05, 0.1) is 9.92 Å². The van der Waals surface area contributed by atoms with E-state index in [1.54, 1.807) is 30.3 Å². The molecule has 3 rings (SSSR count). The summed E-state index contributed by atoms with van der Waals surface area (Å²) >= 11 is 11.2. The predicted octanol–water partition coefficient (Wildman–Crippen LogP) is 3.49. The Kier molecular flexibility index (Phi) is 6.00. The van der Waals surface area contributed by atoms with Crippen LogP contribution in [0.4, 0.5) is 10.1 Å². The van der Waals surface area contributed by atoms with Crippen LogP contribution in [-0.2, 0) is 10.0 Å². The molecule has 144 valence electrons. The lowest BCUT2D eigenvalue weighted by Crippen LogP contribution is -2.51. The molecule has 1 saturated heterocycles. The van der Waals surface area contributed by atoms with Crippen molar-refractivity contribution in [3.8, 4) is 0 Å². The summed E-state index contributed by atoms with van der Waals surface area (Å²) in [5.41, 5.74) is 1.59. The van der Waals surface area contributed by atoms with Crippen LogP contribution < -0.4 is 5.32 Å². The van der Waals surface area contributed by atoms with Crippen LogP contribution in [0.5, 0.6) is 0 Å². The number of hydrogen-bond donors (Lipinski definition) is 1.